The minimum atomic E-state index is -3.19. The van der Waals surface area contributed by atoms with Gasteiger partial charge in [-0.3, -0.25) is 0 Å². The Bertz CT molecular complexity index is 2280. The zero-order valence-electron chi connectivity index (χ0n) is 30.1. The number of carbonyl (C=O) groups is 1. The van der Waals surface area contributed by atoms with E-state index in [-0.39, 0.29) is 35.0 Å². The lowest BCUT2D eigenvalue weighted by Gasteiger charge is -2.45. The average Bonchev–Trinajstić information content (AvgIpc) is 4.05. The maximum absolute atomic E-state index is 16.3. The summed E-state index contributed by atoms with van der Waals surface area (Å²) in [4.78, 5) is 29.3. The molecule has 3 aromatic carbocycles. The van der Waals surface area contributed by atoms with E-state index in [1.807, 2.05) is 37.3 Å². The lowest BCUT2D eigenvalue weighted by atomic mass is 9.92. The van der Waals surface area contributed by atoms with Gasteiger partial charge in [0, 0.05) is 35.8 Å². The number of nitrogens with one attached hydrogen (secondary N) is 3. The lowest BCUT2D eigenvalue weighted by molar-refractivity contribution is -1.15. The third-order valence-electron chi connectivity index (χ3n) is 13.1. The Balaban J connectivity index is 0.951. The fraction of sp³-hybridized carbons (Fsp3) is 0.439. The van der Waals surface area contributed by atoms with Gasteiger partial charge in [-0.2, -0.15) is 18.8 Å². The molecule has 6 atom stereocenters. The van der Waals surface area contributed by atoms with Gasteiger partial charge in [-0.15, -0.1) is 0 Å². The number of carboxylic acid groups (broad SMARTS) is 1. The molecular formula is C41H44F2N7O4+. The molecule has 2 aromatic heterocycles. The average molecular weight is 737 g/mol. The van der Waals surface area contributed by atoms with Crippen molar-refractivity contribution in [3.05, 3.63) is 83.6 Å². The summed E-state index contributed by atoms with van der Waals surface area (Å²) >= 11 is 0. The number of rotatable bonds is 7. The maximum atomic E-state index is 16.3. The first-order valence-corrected chi connectivity index (χ1v) is 19.3. The molecule has 0 spiro atoms. The van der Waals surface area contributed by atoms with Crippen molar-refractivity contribution in [1.82, 2.24) is 30.3 Å². The predicted octanol–water partition coefficient (Wildman–Crippen LogP) is 8.30. The van der Waals surface area contributed by atoms with Crippen molar-refractivity contribution in [3.63, 3.8) is 0 Å². The number of halogens is 2. The predicted molar refractivity (Wildman–Crippen MR) is 196 cm³/mol. The molecule has 0 radical (unpaired) electrons. The van der Waals surface area contributed by atoms with Gasteiger partial charge >= 0.3 is 6.09 Å². The number of hydroxylamine groups is 2. The van der Waals surface area contributed by atoms with Crippen LogP contribution < -0.4 is 5.32 Å². The summed E-state index contributed by atoms with van der Waals surface area (Å²) in [5.74, 6) is -1.61. The number of hydrogen-bond acceptors (Lipinski definition) is 7. The number of amides is 1. The molecule has 10 rings (SSSR count). The lowest BCUT2D eigenvalue weighted by Crippen LogP contribution is -2.69. The van der Waals surface area contributed by atoms with Crippen molar-refractivity contribution in [1.29, 1.82) is 0 Å². The number of nitrogens with zero attached hydrogens (tertiary/aromatic N) is 4. The number of hydrogen-bond donors (Lipinski definition) is 5. The maximum Gasteiger partial charge on any atom is 0.568 e. The Morgan fingerprint density at radius 3 is 2.41 bits per heavy atom. The molecule has 3 saturated heterocycles. The number of alkyl halides is 2. The van der Waals surface area contributed by atoms with Crippen LogP contribution >= 0.6 is 0 Å². The third-order valence-corrected chi connectivity index (χ3v) is 13.1. The molecular weight excluding hydrogens is 692 g/mol. The van der Waals surface area contributed by atoms with Crippen molar-refractivity contribution in [2.75, 3.05) is 19.8 Å². The van der Waals surface area contributed by atoms with E-state index in [2.05, 4.69) is 20.3 Å². The molecule has 1 amide bonds. The molecule has 5 heterocycles. The molecule has 1 saturated carbocycles. The number of aromatic amines is 2. The van der Waals surface area contributed by atoms with Crippen molar-refractivity contribution in [3.8, 4) is 33.5 Å². The number of benzene rings is 3. The van der Waals surface area contributed by atoms with Crippen molar-refractivity contribution >= 4 is 17.1 Å². The van der Waals surface area contributed by atoms with E-state index < -0.39 is 28.9 Å². The van der Waals surface area contributed by atoms with Crippen LogP contribution in [0.5, 0.6) is 0 Å². The second-order valence-electron chi connectivity index (χ2n) is 16.0. The molecule has 11 nitrogen and oxygen atoms in total. The van der Waals surface area contributed by atoms with Crippen molar-refractivity contribution < 1.29 is 33.4 Å². The smallest absolute Gasteiger partial charge is 0.432 e. The van der Waals surface area contributed by atoms with Crippen molar-refractivity contribution in [2.45, 2.75) is 82.0 Å². The molecule has 280 valence electrons. The largest absolute Gasteiger partial charge is 0.568 e. The Labute approximate surface area is 310 Å². The highest BCUT2D eigenvalue weighted by Crippen LogP contribution is 2.54. The second-order valence-corrected chi connectivity index (χ2v) is 16.0. The number of imidazole rings is 2. The minimum Gasteiger partial charge on any atom is -0.432 e. The molecule has 13 heteroatoms. The molecule has 2 aliphatic carbocycles. The van der Waals surface area contributed by atoms with Gasteiger partial charge in [0.15, 0.2) is 6.04 Å². The summed E-state index contributed by atoms with van der Waals surface area (Å²) in [5, 5.41) is 28.0. The molecule has 5 aromatic rings. The Morgan fingerprint density at radius 1 is 0.944 bits per heavy atom. The van der Waals surface area contributed by atoms with E-state index in [9.17, 15) is 15.1 Å². The van der Waals surface area contributed by atoms with Gasteiger partial charge in [-0.1, -0.05) is 35.3 Å². The molecule has 3 unspecified atom stereocenters. The molecule has 54 heavy (non-hydrogen) atoms. The van der Waals surface area contributed by atoms with E-state index in [1.165, 1.54) is 0 Å². The highest BCUT2D eigenvalue weighted by atomic mass is 19.3. The van der Waals surface area contributed by atoms with Crippen LogP contribution in [0.1, 0.15) is 86.7 Å². The van der Waals surface area contributed by atoms with E-state index in [1.54, 1.807) is 35.5 Å². The summed E-state index contributed by atoms with van der Waals surface area (Å²) in [6, 6.07) is 15.2. The number of ether oxygens (including phenoxy) is 1. The summed E-state index contributed by atoms with van der Waals surface area (Å²) in [6.45, 7) is 3.88. The van der Waals surface area contributed by atoms with E-state index >= 15 is 8.78 Å². The van der Waals surface area contributed by atoms with Crippen LogP contribution in [-0.4, -0.2) is 77.9 Å². The van der Waals surface area contributed by atoms with Gasteiger partial charge in [0.1, 0.15) is 17.7 Å². The van der Waals surface area contributed by atoms with Gasteiger partial charge in [0.25, 0.3) is 5.92 Å². The normalized spacial score (nSPS) is 26.6. The van der Waals surface area contributed by atoms with Crippen LogP contribution in [0.15, 0.2) is 60.8 Å². The molecule has 4 fully saturated rings. The van der Waals surface area contributed by atoms with Crippen LogP contribution in [0.4, 0.5) is 13.6 Å². The standard InChI is InChI=1S/C41H43F2N7O4/c1-22(23-12-15-54-16-13-23)50(53,40(51)52)49-28-8-4-27(17-28)37(49)39-46-33-11-7-25(20-35(33)47-39)24-5-9-29-30-10-6-26(19-32(30)41(42,43)31(29)18-24)36-21-45-38(48-36)34-3-2-14-44-34/h5-7,9-11,18-23,27-28,34,37,44,53H,2-4,8,12-17H2,1H3,(H2-,45,46,47,48,51,52)/p+1/t22?,27-,28-,34?,37+,50?/m1/s1. The zero-order chi connectivity index (χ0) is 36.9. The van der Waals surface area contributed by atoms with Gasteiger partial charge in [-0.25, -0.2) is 9.97 Å². The van der Waals surface area contributed by atoms with E-state index in [0.717, 1.165) is 61.2 Å². The minimum absolute atomic E-state index is 0.00376. The Kier molecular flexibility index (Phi) is 7.87. The fourth-order valence-corrected chi connectivity index (χ4v) is 10.2. The van der Waals surface area contributed by atoms with E-state index in [4.69, 9.17) is 9.72 Å². The molecule has 5 N–H and O–H groups in total. The third kappa shape index (κ3) is 5.12. The van der Waals surface area contributed by atoms with Gasteiger partial charge in [-0.05, 0) is 116 Å². The quantitative estimate of drug-likeness (QED) is 0.0639. The summed E-state index contributed by atoms with van der Waals surface area (Å²) in [7, 11) is 0. The van der Waals surface area contributed by atoms with Crippen LogP contribution in [0, 0.1) is 11.8 Å². The highest BCUT2D eigenvalue weighted by molar-refractivity contribution is 5.87. The fourth-order valence-electron chi connectivity index (χ4n) is 10.2. The van der Waals surface area contributed by atoms with Crippen LogP contribution in [-0.2, 0) is 10.7 Å². The number of aromatic nitrogens is 4. The number of fused-ring (bicyclic) bond motifs is 6. The van der Waals surface area contributed by atoms with Crippen LogP contribution in [0.2, 0.25) is 0 Å². The zero-order valence-corrected chi connectivity index (χ0v) is 30.1. The number of quaternary nitrogens is 1. The first kappa shape index (κ1) is 34.0. The Morgan fingerprint density at radius 2 is 1.67 bits per heavy atom. The SMILES string of the molecule is CC(C1CCOCC1)[N+](O)(C(=O)O)N1[C@@H]2CC[C@H](C2)[C@H]1c1nc2ccc(-c3ccc4c(c3)C(F)(F)c3cc(-c5cnc(C6CCCN6)[nH]5)ccc3-4)cc2[nH]1. The number of piperidine rings is 1. The van der Waals surface area contributed by atoms with E-state index in [0.29, 0.717) is 59.7 Å². The monoisotopic (exact) mass is 736 g/mol. The van der Waals surface area contributed by atoms with Gasteiger partial charge < -0.3 is 25.1 Å². The first-order chi connectivity index (χ1) is 26.1. The first-order valence-electron chi connectivity index (χ1n) is 19.3. The van der Waals surface area contributed by atoms with Crippen molar-refractivity contribution in [2.24, 2.45) is 11.8 Å². The molecule has 2 bridgehead atoms. The molecule has 3 aliphatic heterocycles. The Hall–Kier alpha value is -4.53. The molecule has 5 aliphatic rings. The van der Waals surface area contributed by atoms with Crippen LogP contribution in [0.3, 0.4) is 0 Å². The summed E-state index contributed by atoms with van der Waals surface area (Å²) in [5.41, 5.74) is 5.22. The second kappa shape index (κ2) is 12.5. The van der Waals surface area contributed by atoms with Crippen LogP contribution in [0.25, 0.3) is 44.5 Å². The topological polar surface area (TPSA) is 139 Å². The van der Waals surface area contributed by atoms with Gasteiger partial charge in [0.05, 0.1) is 35.0 Å². The summed E-state index contributed by atoms with van der Waals surface area (Å²) in [6.07, 6.45) is 6.43. The van der Waals surface area contributed by atoms with Gasteiger partial charge in [0.2, 0.25) is 0 Å². The summed E-state index contributed by atoms with van der Waals surface area (Å²) < 4.78 is 37.0. The number of H-pyrrole nitrogens is 2. The highest BCUT2D eigenvalue weighted by Gasteiger charge is 2.64.